The second-order valence-corrected chi connectivity index (χ2v) is 10.5. The van der Waals surface area contributed by atoms with E-state index in [2.05, 4.69) is 24.4 Å². The first-order valence-corrected chi connectivity index (χ1v) is 12.3. The maximum absolute atomic E-state index is 13.0. The number of thioether (sulfide) groups is 1. The number of carbonyl (C=O) groups excluding carboxylic acids is 1. The summed E-state index contributed by atoms with van der Waals surface area (Å²) in [4.78, 5) is 13.8. The number of nitrogens with zero attached hydrogens (tertiary/aromatic N) is 1. The van der Waals surface area contributed by atoms with E-state index in [-0.39, 0.29) is 16.6 Å². The number of nitrogens with one attached hydrogen (secondary N) is 1. The van der Waals surface area contributed by atoms with Gasteiger partial charge in [0.25, 0.3) is 0 Å². The minimum Gasteiger partial charge on any atom is -0.379 e. The Morgan fingerprint density at radius 1 is 1.03 bits per heavy atom. The van der Waals surface area contributed by atoms with E-state index in [1.54, 1.807) is 25.1 Å². The second-order valence-electron chi connectivity index (χ2n) is 7.56. The van der Waals surface area contributed by atoms with Crippen LogP contribution < -0.4 is 5.32 Å². The van der Waals surface area contributed by atoms with Gasteiger partial charge in [0.1, 0.15) is 0 Å². The lowest BCUT2D eigenvalue weighted by Crippen LogP contribution is -2.40. The zero-order valence-corrected chi connectivity index (χ0v) is 19.5. The van der Waals surface area contributed by atoms with E-state index in [4.69, 9.17) is 4.74 Å². The minimum atomic E-state index is -3.62. The van der Waals surface area contributed by atoms with Crippen LogP contribution in [0.5, 0.6) is 0 Å². The first-order valence-electron chi connectivity index (χ1n) is 9.87. The molecule has 2 aromatic rings. The summed E-state index contributed by atoms with van der Waals surface area (Å²) in [7, 11) is -3.62. The van der Waals surface area contributed by atoms with Gasteiger partial charge in [0, 0.05) is 23.7 Å². The molecule has 0 bridgehead atoms. The molecule has 1 amide bonds. The molecule has 0 aromatic heterocycles. The first kappa shape index (κ1) is 22.8. The van der Waals surface area contributed by atoms with Gasteiger partial charge >= 0.3 is 0 Å². The van der Waals surface area contributed by atoms with Crippen molar-refractivity contribution >= 4 is 33.4 Å². The molecule has 1 fully saturated rings. The maximum atomic E-state index is 13.0. The first-order chi connectivity index (χ1) is 14.2. The summed E-state index contributed by atoms with van der Waals surface area (Å²) in [5.41, 5.74) is 4.64. The van der Waals surface area contributed by atoms with Gasteiger partial charge in [0.15, 0.2) is 0 Å². The summed E-state index contributed by atoms with van der Waals surface area (Å²) in [5.74, 6) is 0.0856. The van der Waals surface area contributed by atoms with E-state index >= 15 is 0 Å². The van der Waals surface area contributed by atoms with Gasteiger partial charge in [-0.15, -0.1) is 11.8 Å². The molecule has 0 atom stereocenters. The number of carbonyl (C=O) groups is 1. The van der Waals surface area contributed by atoms with Crippen molar-refractivity contribution in [3.05, 3.63) is 52.6 Å². The average Bonchev–Trinajstić information content (AvgIpc) is 2.69. The van der Waals surface area contributed by atoms with Gasteiger partial charge < -0.3 is 10.1 Å². The van der Waals surface area contributed by atoms with Crippen molar-refractivity contribution in [2.45, 2.75) is 37.5 Å². The third kappa shape index (κ3) is 5.24. The van der Waals surface area contributed by atoms with Crippen LogP contribution in [0.1, 0.15) is 22.3 Å². The Kier molecular flexibility index (Phi) is 7.23. The number of aryl methyl sites for hydroxylation is 4. The Hall–Kier alpha value is -1.87. The van der Waals surface area contributed by atoms with Crippen molar-refractivity contribution in [2.24, 2.45) is 0 Å². The number of rotatable bonds is 6. The number of sulfonamides is 1. The summed E-state index contributed by atoms with van der Waals surface area (Å²) in [6.45, 7) is 9.37. The molecule has 2 aromatic carbocycles. The molecule has 1 heterocycles. The number of benzene rings is 2. The van der Waals surface area contributed by atoms with E-state index in [0.29, 0.717) is 37.6 Å². The fourth-order valence-electron chi connectivity index (χ4n) is 3.61. The van der Waals surface area contributed by atoms with Crippen LogP contribution in [-0.4, -0.2) is 50.7 Å². The highest BCUT2D eigenvalue weighted by atomic mass is 32.2. The minimum absolute atomic E-state index is 0.169. The van der Waals surface area contributed by atoms with Crippen LogP contribution in [-0.2, 0) is 19.6 Å². The van der Waals surface area contributed by atoms with Crippen molar-refractivity contribution in [1.82, 2.24) is 4.31 Å². The molecule has 0 unspecified atom stereocenters. The summed E-state index contributed by atoms with van der Waals surface area (Å²) in [6, 6.07) is 9.22. The summed E-state index contributed by atoms with van der Waals surface area (Å²) < 4.78 is 32.7. The highest BCUT2D eigenvalue weighted by Gasteiger charge is 2.28. The van der Waals surface area contributed by atoms with E-state index in [9.17, 15) is 13.2 Å². The van der Waals surface area contributed by atoms with Crippen LogP contribution in [0.15, 0.2) is 40.1 Å². The van der Waals surface area contributed by atoms with E-state index in [0.717, 1.165) is 16.0 Å². The third-order valence-electron chi connectivity index (χ3n) is 5.01. The Labute approximate surface area is 183 Å². The molecule has 162 valence electrons. The number of hydrogen-bond donors (Lipinski definition) is 1. The van der Waals surface area contributed by atoms with E-state index < -0.39 is 10.0 Å². The van der Waals surface area contributed by atoms with Crippen LogP contribution >= 0.6 is 11.8 Å². The van der Waals surface area contributed by atoms with Gasteiger partial charge in [0.2, 0.25) is 15.9 Å². The molecule has 6 nitrogen and oxygen atoms in total. The molecule has 0 spiro atoms. The van der Waals surface area contributed by atoms with Gasteiger partial charge in [-0.3, -0.25) is 4.79 Å². The van der Waals surface area contributed by atoms with E-state index in [1.807, 2.05) is 13.8 Å². The predicted octanol–water partition coefficient (Wildman–Crippen LogP) is 3.67. The topological polar surface area (TPSA) is 75.7 Å². The van der Waals surface area contributed by atoms with Crippen LogP contribution in [0.2, 0.25) is 0 Å². The van der Waals surface area contributed by atoms with Gasteiger partial charge in [0.05, 0.1) is 23.9 Å². The quantitative estimate of drug-likeness (QED) is 0.683. The maximum Gasteiger partial charge on any atom is 0.243 e. The van der Waals surface area contributed by atoms with Crippen molar-refractivity contribution in [1.29, 1.82) is 0 Å². The molecule has 0 saturated carbocycles. The van der Waals surface area contributed by atoms with Gasteiger partial charge in [-0.05, 0) is 56.5 Å². The molecular weight excluding hydrogens is 420 g/mol. The van der Waals surface area contributed by atoms with Gasteiger partial charge in [-0.1, -0.05) is 23.8 Å². The van der Waals surface area contributed by atoms with Crippen molar-refractivity contribution in [3.8, 4) is 0 Å². The fraction of sp³-hybridized carbons (Fsp3) is 0.409. The van der Waals surface area contributed by atoms with Crippen LogP contribution in [0.25, 0.3) is 0 Å². The van der Waals surface area contributed by atoms with Crippen LogP contribution in [0, 0.1) is 27.7 Å². The normalized spacial score (nSPS) is 15.2. The Balaban J connectivity index is 1.71. The SMILES string of the molecule is Cc1cc(C)c(SCC(=O)Nc2ccc(C)c(S(=O)(=O)N3CCOCC3)c2)c(C)c1. The van der Waals surface area contributed by atoms with Crippen molar-refractivity contribution in [2.75, 3.05) is 37.4 Å². The van der Waals surface area contributed by atoms with Crippen LogP contribution in [0.3, 0.4) is 0 Å². The monoisotopic (exact) mass is 448 g/mol. The smallest absolute Gasteiger partial charge is 0.243 e. The molecule has 0 aliphatic carbocycles. The largest absolute Gasteiger partial charge is 0.379 e. The highest BCUT2D eigenvalue weighted by molar-refractivity contribution is 8.00. The lowest BCUT2D eigenvalue weighted by molar-refractivity contribution is -0.113. The molecule has 1 saturated heterocycles. The van der Waals surface area contributed by atoms with Gasteiger partial charge in [-0.25, -0.2) is 8.42 Å². The molecule has 8 heteroatoms. The lowest BCUT2D eigenvalue weighted by Gasteiger charge is -2.26. The Morgan fingerprint density at radius 3 is 2.30 bits per heavy atom. The second kappa shape index (κ2) is 9.51. The number of morpholine rings is 1. The Bertz CT molecular complexity index is 1020. The summed E-state index contributed by atoms with van der Waals surface area (Å²) in [6.07, 6.45) is 0. The predicted molar refractivity (Wildman–Crippen MR) is 121 cm³/mol. The zero-order valence-electron chi connectivity index (χ0n) is 17.8. The van der Waals surface area contributed by atoms with E-state index in [1.165, 1.54) is 21.6 Å². The molecule has 3 rings (SSSR count). The average molecular weight is 449 g/mol. The summed E-state index contributed by atoms with van der Waals surface area (Å²) >= 11 is 1.49. The molecule has 0 radical (unpaired) electrons. The number of hydrogen-bond acceptors (Lipinski definition) is 5. The molecule has 1 aliphatic rings. The lowest BCUT2D eigenvalue weighted by atomic mass is 10.1. The molecule has 1 N–H and O–H groups in total. The molecule has 1 aliphatic heterocycles. The molecular formula is C22H28N2O4S2. The Morgan fingerprint density at radius 2 is 1.67 bits per heavy atom. The number of amides is 1. The standard InChI is InChI=1S/C22H28N2O4S2/c1-15-11-17(3)22(18(4)12-15)29-14-21(25)23-19-6-5-16(2)20(13-19)30(26,27)24-7-9-28-10-8-24/h5-6,11-13H,7-10,14H2,1-4H3,(H,23,25). The number of anilines is 1. The zero-order chi connectivity index (χ0) is 21.9. The van der Waals surface area contributed by atoms with Crippen LogP contribution in [0.4, 0.5) is 5.69 Å². The summed E-state index contributed by atoms with van der Waals surface area (Å²) in [5, 5.41) is 2.84. The van der Waals surface area contributed by atoms with Crippen molar-refractivity contribution < 1.29 is 17.9 Å². The van der Waals surface area contributed by atoms with Crippen molar-refractivity contribution in [3.63, 3.8) is 0 Å². The highest BCUT2D eigenvalue weighted by Crippen LogP contribution is 2.28. The fourth-order valence-corrected chi connectivity index (χ4v) is 6.19. The number of ether oxygens (including phenoxy) is 1. The third-order valence-corrected chi connectivity index (χ3v) is 8.39. The molecule has 30 heavy (non-hydrogen) atoms. The van der Waals surface area contributed by atoms with Gasteiger partial charge in [-0.2, -0.15) is 4.31 Å².